The van der Waals surface area contributed by atoms with Crippen molar-refractivity contribution in [1.82, 2.24) is 10.6 Å². The van der Waals surface area contributed by atoms with Crippen molar-refractivity contribution in [2.45, 2.75) is 38.8 Å². The summed E-state index contributed by atoms with van der Waals surface area (Å²) in [6.45, 7) is 4.62. The summed E-state index contributed by atoms with van der Waals surface area (Å²) in [5.41, 5.74) is 0. The summed E-state index contributed by atoms with van der Waals surface area (Å²) in [6, 6.07) is -0.717. The first-order valence-corrected chi connectivity index (χ1v) is 5.68. The topological polar surface area (TPSA) is 67.4 Å². The van der Waals surface area contributed by atoms with Gasteiger partial charge in [0.05, 0.1) is 13.2 Å². The van der Waals surface area contributed by atoms with Gasteiger partial charge in [0.1, 0.15) is 6.04 Å². The number of rotatable bonds is 4. The van der Waals surface area contributed by atoms with Gasteiger partial charge in [-0.15, -0.1) is 0 Å². The van der Waals surface area contributed by atoms with Crippen LogP contribution >= 0.6 is 0 Å². The summed E-state index contributed by atoms with van der Waals surface area (Å²) in [4.78, 5) is 23.2. The molecule has 1 rings (SSSR count). The molecule has 1 saturated heterocycles. The predicted octanol–water partition coefficient (Wildman–Crippen LogP) is 0.0522. The van der Waals surface area contributed by atoms with Gasteiger partial charge in [0.2, 0.25) is 5.91 Å². The minimum atomic E-state index is -0.556. The van der Waals surface area contributed by atoms with Gasteiger partial charge >= 0.3 is 5.97 Å². The van der Waals surface area contributed by atoms with Crippen LogP contribution in [0.1, 0.15) is 26.7 Å². The number of esters is 1. The molecule has 1 heterocycles. The third-order valence-corrected chi connectivity index (χ3v) is 2.80. The highest BCUT2D eigenvalue weighted by atomic mass is 16.5. The standard InChI is InChI=1S/C11H20N2O3/c1-7(2)9(11(15)16-3)13-10(14)8-5-4-6-12-8/h7-9,12H,4-6H2,1-3H3,(H,13,14)/t8-,9?/m0/s1. The van der Waals surface area contributed by atoms with E-state index in [0.29, 0.717) is 0 Å². The van der Waals surface area contributed by atoms with Gasteiger partial charge < -0.3 is 15.4 Å². The van der Waals surface area contributed by atoms with E-state index in [-0.39, 0.29) is 23.8 Å². The van der Waals surface area contributed by atoms with E-state index in [2.05, 4.69) is 15.4 Å². The Morgan fingerprint density at radius 3 is 2.56 bits per heavy atom. The zero-order valence-corrected chi connectivity index (χ0v) is 10.1. The van der Waals surface area contributed by atoms with Crippen LogP contribution in [-0.2, 0) is 14.3 Å². The van der Waals surface area contributed by atoms with Crippen molar-refractivity contribution in [2.75, 3.05) is 13.7 Å². The van der Waals surface area contributed by atoms with Crippen molar-refractivity contribution in [3.05, 3.63) is 0 Å². The molecule has 92 valence electrons. The summed E-state index contributed by atoms with van der Waals surface area (Å²) in [5.74, 6) is -0.472. The summed E-state index contributed by atoms with van der Waals surface area (Å²) in [7, 11) is 1.33. The van der Waals surface area contributed by atoms with E-state index in [4.69, 9.17) is 0 Å². The lowest BCUT2D eigenvalue weighted by Gasteiger charge is -2.21. The molecular formula is C11H20N2O3. The molecule has 1 amide bonds. The molecule has 0 aromatic heterocycles. The zero-order chi connectivity index (χ0) is 12.1. The van der Waals surface area contributed by atoms with Crippen LogP contribution in [0.5, 0.6) is 0 Å². The minimum Gasteiger partial charge on any atom is -0.467 e. The van der Waals surface area contributed by atoms with Crippen molar-refractivity contribution < 1.29 is 14.3 Å². The molecular weight excluding hydrogens is 208 g/mol. The van der Waals surface area contributed by atoms with Crippen LogP contribution in [0.4, 0.5) is 0 Å². The van der Waals surface area contributed by atoms with Crippen molar-refractivity contribution in [1.29, 1.82) is 0 Å². The van der Waals surface area contributed by atoms with E-state index >= 15 is 0 Å². The first-order valence-electron chi connectivity index (χ1n) is 5.68. The van der Waals surface area contributed by atoms with Crippen molar-refractivity contribution in [2.24, 2.45) is 5.92 Å². The lowest BCUT2D eigenvalue weighted by Crippen LogP contribution is -2.50. The Kier molecular flexibility index (Phi) is 4.73. The van der Waals surface area contributed by atoms with Crippen LogP contribution < -0.4 is 10.6 Å². The Morgan fingerprint density at radius 2 is 2.12 bits per heavy atom. The smallest absolute Gasteiger partial charge is 0.328 e. The van der Waals surface area contributed by atoms with Crippen molar-refractivity contribution >= 4 is 11.9 Å². The molecule has 5 heteroatoms. The molecule has 0 spiro atoms. The predicted molar refractivity (Wildman–Crippen MR) is 59.8 cm³/mol. The minimum absolute atomic E-state index is 0.0257. The molecule has 1 aliphatic heterocycles. The van der Waals surface area contributed by atoms with Crippen LogP contribution in [0.15, 0.2) is 0 Å². The van der Waals surface area contributed by atoms with Gasteiger partial charge in [0.15, 0.2) is 0 Å². The van der Waals surface area contributed by atoms with Gasteiger partial charge in [-0.2, -0.15) is 0 Å². The van der Waals surface area contributed by atoms with E-state index in [1.165, 1.54) is 7.11 Å². The molecule has 0 saturated carbocycles. The molecule has 2 atom stereocenters. The Hall–Kier alpha value is -1.10. The van der Waals surface area contributed by atoms with E-state index < -0.39 is 6.04 Å². The average molecular weight is 228 g/mol. The molecule has 16 heavy (non-hydrogen) atoms. The molecule has 0 aromatic carbocycles. The summed E-state index contributed by atoms with van der Waals surface area (Å²) < 4.78 is 4.66. The number of carbonyl (C=O) groups excluding carboxylic acids is 2. The lowest BCUT2D eigenvalue weighted by atomic mass is 10.0. The van der Waals surface area contributed by atoms with Gasteiger partial charge in [0, 0.05) is 0 Å². The number of ether oxygens (including phenoxy) is 1. The normalized spacial score (nSPS) is 21.9. The maximum absolute atomic E-state index is 11.8. The average Bonchev–Trinajstić information content (AvgIpc) is 2.77. The highest BCUT2D eigenvalue weighted by Crippen LogP contribution is 2.08. The largest absolute Gasteiger partial charge is 0.467 e. The zero-order valence-electron chi connectivity index (χ0n) is 10.1. The first kappa shape index (κ1) is 13.0. The Morgan fingerprint density at radius 1 is 1.44 bits per heavy atom. The fourth-order valence-electron chi connectivity index (χ4n) is 1.79. The lowest BCUT2D eigenvalue weighted by molar-refractivity contribution is -0.146. The number of amides is 1. The van der Waals surface area contributed by atoms with Gasteiger partial charge in [-0.1, -0.05) is 13.8 Å². The number of carbonyl (C=O) groups is 2. The number of hydrogen-bond acceptors (Lipinski definition) is 4. The van der Waals surface area contributed by atoms with Gasteiger partial charge in [0.25, 0.3) is 0 Å². The van der Waals surface area contributed by atoms with Crippen molar-refractivity contribution in [3.63, 3.8) is 0 Å². The van der Waals surface area contributed by atoms with E-state index in [0.717, 1.165) is 19.4 Å². The summed E-state index contributed by atoms with van der Waals surface area (Å²) >= 11 is 0. The fraction of sp³-hybridized carbons (Fsp3) is 0.818. The third-order valence-electron chi connectivity index (χ3n) is 2.80. The van der Waals surface area contributed by atoms with Gasteiger partial charge in [-0.25, -0.2) is 4.79 Å². The van der Waals surface area contributed by atoms with Gasteiger partial charge in [-0.3, -0.25) is 4.79 Å². The Bertz CT molecular complexity index is 260. The molecule has 0 bridgehead atoms. The third kappa shape index (κ3) is 3.20. The molecule has 1 aliphatic rings. The van der Waals surface area contributed by atoms with Crippen molar-refractivity contribution in [3.8, 4) is 0 Å². The van der Waals surface area contributed by atoms with Crippen LogP contribution in [0, 0.1) is 5.92 Å². The SMILES string of the molecule is COC(=O)C(NC(=O)[C@@H]1CCCN1)C(C)C. The second kappa shape index (κ2) is 5.84. The molecule has 5 nitrogen and oxygen atoms in total. The van der Waals surface area contributed by atoms with Crippen LogP contribution in [0.2, 0.25) is 0 Å². The highest BCUT2D eigenvalue weighted by molar-refractivity contribution is 5.87. The Balaban J connectivity index is 2.53. The van der Waals surface area contributed by atoms with E-state index in [1.807, 2.05) is 13.8 Å². The summed E-state index contributed by atoms with van der Waals surface area (Å²) in [5, 5.41) is 5.83. The van der Waals surface area contributed by atoms with Crippen LogP contribution in [0.25, 0.3) is 0 Å². The number of nitrogens with one attached hydrogen (secondary N) is 2. The molecule has 2 N–H and O–H groups in total. The molecule has 1 fully saturated rings. The quantitative estimate of drug-likeness (QED) is 0.667. The first-order chi connectivity index (χ1) is 7.56. The van der Waals surface area contributed by atoms with Crippen LogP contribution in [0.3, 0.4) is 0 Å². The number of hydrogen-bond donors (Lipinski definition) is 2. The second-order valence-electron chi connectivity index (χ2n) is 4.40. The molecule has 1 unspecified atom stereocenters. The maximum Gasteiger partial charge on any atom is 0.328 e. The van der Waals surface area contributed by atoms with E-state index in [9.17, 15) is 9.59 Å². The number of methoxy groups -OCH3 is 1. The second-order valence-corrected chi connectivity index (χ2v) is 4.40. The van der Waals surface area contributed by atoms with E-state index in [1.54, 1.807) is 0 Å². The summed E-state index contributed by atoms with van der Waals surface area (Å²) in [6.07, 6.45) is 1.83. The fourth-order valence-corrected chi connectivity index (χ4v) is 1.79. The van der Waals surface area contributed by atoms with Crippen LogP contribution in [-0.4, -0.2) is 37.6 Å². The molecule has 0 aromatic rings. The molecule has 0 aliphatic carbocycles. The van der Waals surface area contributed by atoms with Gasteiger partial charge in [-0.05, 0) is 25.3 Å². The molecule has 0 radical (unpaired) electrons. The monoisotopic (exact) mass is 228 g/mol. The maximum atomic E-state index is 11.8. The Labute approximate surface area is 95.9 Å². The highest BCUT2D eigenvalue weighted by Gasteiger charge is 2.29.